The Morgan fingerprint density at radius 3 is 2.19 bits per heavy atom. The van der Waals surface area contributed by atoms with Crippen LogP contribution in [0.25, 0.3) is 0 Å². The molecule has 0 spiro atoms. The third-order valence-electron chi connectivity index (χ3n) is 5.99. The summed E-state index contributed by atoms with van der Waals surface area (Å²) >= 11 is 0. The zero-order valence-electron chi connectivity index (χ0n) is 12.1. The van der Waals surface area contributed by atoms with Crippen molar-refractivity contribution in [2.24, 2.45) is 23.2 Å². The van der Waals surface area contributed by atoms with E-state index in [9.17, 15) is 13.6 Å². The van der Waals surface area contributed by atoms with Gasteiger partial charge in [0.25, 0.3) is 0 Å². The van der Waals surface area contributed by atoms with Gasteiger partial charge in [0, 0.05) is 11.8 Å². The van der Waals surface area contributed by atoms with E-state index in [2.05, 4.69) is 0 Å². The lowest BCUT2D eigenvalue weighted by Gasteiger charge is -2.56. The molecule has 3 heteroatoms. The fourth-order valence-corrected chi connectivity index (χ4v) is 5.49. The lowest BCUT2D eigenvalue weighted by atomic mass is 9.48. The molecule has 0 amide bonds. The van der Waals surface area contributed by atoms with Crippen LogP contribution in [-0.2, 0) is 11.2 Å². The molecule has 0 radical (unpaired) electrons. The molecule has 4 saturated carbocycles. The number of carbonyl (C=O) groups excluding carboxylic acids is 1. The number of ketones is 1. The number of carbonyl (C=O) groups is 1. The summed E-state index contributed by atoms with van der Waals surface area (Å²) in [5.41, 5.74) is -0.0104. The maximum atomic E-state index is 13.8. The zero-order chi connectivity index (χ0) is 14.6. The molecule has 0 aromatic heterocycles. The Hall–Kier alpha value is -1.25. The Bertz CT molecular complexity index is 558. The molecule has 1 aromatic rings. The molecule has 21 heavy (non-hydrogen) atoms. The van der Waals surface area contributed by atoms with Crippen LogP contribution in [0.5, 0.6) is 0 Å². The van der Waals surface area contributed by atoms with Crippen molar-refractivity contribution in [1.82, 2.24) is 0 Å². The number of halogens is 2. The minimum Gasteiger partial charge on any atom is -0.299 e. The fraction of sp³-hybridized carbons (Fsp3) is 0.611. The Balaban J connectivity index is 1.59. The van der Waals surface area contributed by atoms with Gasteiger partial charge in [-0.2, -0.15) is 0 Å². The maximum Gasteiger partial charge on any atom is 0.143 e. The first-order chi connectivity index (χ1) is 10.0. The van der Waals surface area contributed by atoms with Gasteiger partial charge in [0.2, 0.25) is 0 Å². The monoisotopic (exact) mass is 290 g/mol. The number of Topliss-reactive ketones (excluding diaryl/α,β-unsaturated/α-hetero) is 1. The molecular formula is C18H20F2O. The van der Waals surface area contributed by atoms with E-state index in [-0.39, 0.29) is 23.2 Å². The van der Waals surface area contributed by atoms with Crippen LogP contribution in [0.4, 0.5) is 8.78 Å². The average molecular weight is 290 g/mol. The maximum absolute atomic E-state index is 13.8. The summed E-state index contributed by atoms with van der Waals surface area (Å²) in [6.45, 7) is 0. The molecule has 0 unspecified atom stereocenters. The van der Waals surface area contributed by atoms with Crippen LogP contribution in [-0.4, -0.2) is 5.78 Å². The van der Waals surface area contributed by atoms with Gasteiger partial charge in [-0.15, -0.1) is 0 Å². The summed E-state index contributed by atoms with van der Waals surface area (Å²) in [7, 11) is 0. The quantitative estimate of drug-likeness (QED) is 0.811. The summed E-state index contributed by atoms with van der Waals surface area (Å²) in [6.07, 6.45) is 6.83. The van der Waals surface area contributed by atoms with Crippen LogP contribution in [0, 0.1) is 34.8 Å². The molecule has 0 saturated heterocycles. The minimum atomic E-state index is -0.468. The van der Waals surface area contributed by atoms with E-state index in [1.54, 1.807) is 0 Å². The number of benzene rings is 1. The SMILES string of the molecule is O=C(Cc1cc(F)ccc1F)C12CC3CC(CC(C3)C1)C2. The summed E-state index contributed by atoms with van der Waals surface area (Å²) in [6, 6.07) is 3.40. The van der Waals surface area contributed by atoms with Crippen molar-refractivity contribution < 1.29 is 13.6 Å². The third-order valence-corrected chi connectivity index (χ3v) is 5.99. The second-order valence-electron chi connectivity index (χ2n) is 7.53. The normalized spacial score (nSPS) is 37.0. The first-order valence-electron chi connectivity index (χ1n) is 8.01. The van der Waals surface area contributed by atoms with E-state index in [1.807, 2.05) is 0 Å². The topological polar surface area (TPSA) is 17.1 Å². The van der Waals surface area contributed by atoms with Gasteiger partial charge in [0.15, 0.2) is 0 Å². The van der Waals surface area contributed by atoms with E-state index in [0.717, 1.165) is 31.4 Å². The lowest BCUT2D eigenvalue weighted by molar-refractivity contribution is -0.143. The summed E-state index contributed by atoms with van der Waals surface area (Å²) < 4.78 is 27.1. The van der Waals surface area contributed by atoms with Crippen molar-refractivity contribution in [1.29, 1.82) is 0 Å². The van der Waals surface area contributed by atoms with Crippen molar-refractivity contribution in [3.05, 3.63) is 35.4 Å². The summed E-state index contributed by atoms with van der Waals surface area (Å²) in [5.74, 6) is 1.29. The van der Waals surface area contributed by atoms with Crippen molar-refractivity contribution in [2.45, 2.75) is 44.9 Å². The van der Waals surface area contributed by atoms with E-state index >= 15 is 0 Å². The van der Waals surface area contributed by atoms with Crippen LogP contribution >= 0.6 is 0 Å². The largest absolute Gasteiger partial charge is 0.299 e. The highest BCUT2D eigenvalue weighted by molar-refractivity contribution is 5.87. The molecular weight excluding hydrogens is 270 g/mol. The Labute approximate surface area is 123 Å². The van der Waals surface area contributed by atoms with Crippen LogP contribution < -0.4 is 0 Å². The number of hydrogen-bond acceptors (Lipinski definition) is 1. The Morgan fingerprint density at radius 2 is 1.62 bits per heavy atom. The molecule has 0 atom stereocenters. The molecule has 4 fully saturated rings. The number of rotatable bonds is 3. The highest BCUT2D eigenvalue weighted by Gasteiger charge is 2.54. The zero-order valence-corrected chi connectivity index (χ0v) is 12.1. The van der Waals surface area contributed by atoms with Gasteiger partial charge in [-0.05, 0) is 80.0 Å². The molecule has 1 aromatic carbocycles. The highest BCUT2D eigenvalue weighted by Crippen LogP contribution is 2.60. The van der Waals surface area contributed by atoms with Crippen LogP contribution in [0.1, 0.15) is 44.1 Å². The van der Waals surface area contributed by atoms with Gasteiger partial charge < -0.3 is 0 Å². The molecule has 0 heterocycles. The molecule has 5 rings (SSSR count). The van der Waals surface area contributed by atoms with Gasteiger partial charge in [-0.3, -0.25) is 4.79 Å². The van der Waals surface area contributed by atoms with Gasteiger partial charge in [0.05, 0.1) is 0 Å². The molecule has 0 N–H and O–H groups in total. The predicted molar refractivity (Wildman–Crippen MR) is 75.7 cm³/mol. The Morgan fingerprint density at radius 1 is 1.05 bits per heavy atom. The van der Waals surface area contributed by atoms with Gasteiger partial charge in [-0.25, -0.2) is 8.78 Å². The van der Waals surface area contributed by atoms with E-state index in [1.165, 1.54) is 25.3 Å². The second-order valence-corrected chi connectivity index (χ2v) is 7.53. The lowest BCUT2D eigenvalue weighted by Crippen LogP contribution is -2.50. The molecule has 112 valence electrons. The van der Waals surface area contributed by atoms with Gasteiger partial charge in [-0.1, -0.05) is 0 Å². The summed E-state index contributed by atoms with van der Waals surface area (Å²) in [4.78, 5) is 12.8. The van der Waals surface area contributed by atoms with Crippen molar-refractivity contribution in [3.8, 4) is 0 Å². The van der Waals surface area contributed by atoms with E-state index < -0.39 is 11.6 Å². The van der Waals surface area contributed by atoms with E-state index in [0.29, 0.717) is 17.8 Å². The fourth-order valence-electron chi connectivity index (χ4n) is 5.49. The first kappa shape index (κ1) is 13.4. The standard InChI is InChI=1S/C18H20F2O/c19-15-1-2-16(20)14(6-15)7-17(21)18-8-11-3-12(9-18)5-13(4-11)10-18/h1-2,6,11-13H,3-5,7-10H2. The second kappa shape index (κ2) is 4.62. The van der Waals surface area contributed by atoms with Crippen LogP contribution in [0.2, 0.25) is 0 Å². The van der Waals surface area contributed by atoms with Crippen LogP contribution in [0.15, 0.2) is 18.2 Å². The smallest absolute Gasteiger partial charge is 0.143 e. The predicted octanol–water partition coefficient (Wildman–Crippen LogP) is 4.29. The highest BCUT2D eigenvalue weighted by atomic mass is 19.1. The minimum absolute atomic E-state index is 0.0513. The third kappa shape index (κ3) is 2.21. The Kier molecular flexibility index (Phi) is 2.95. The first-order valence-corrected chi connectivity index (χ1v) is 8.01. The summed E-state index contributed by atoms with van der Waals surface area (Å²) in [5, 5.41) is 0. The van der Waals surface area contributed by atoms with Crippen LogP contribution in [0.3, 0.4) is 0 Å². The molecule has 1 nitrogen and oxygen atoms in total. The molecule has 4 bridgehead atoms. The van der Waals surface area contributed by atoms with E-state index in [4.69, 9.17) is 0 Å². The molecule has 4 aliphatic carbocycles. The van der Waals surface area contributed by atoms with Gasteiger partial charge >= 0.3 is 0 Å². The van der Waals surface area contributed by atoms with Gasteiger partial charge in [0.1, 0.15) is 17.4 Å². The average Bonchev–Trinajstić information content (AvgIpc) is 2.41. The van der Waals surface area contributed by atoms with Crippen molar-refractivity contribution in [2.75, 3.05) is 0 Å². The number of hydrogen-bond donors (Lipinski definition) is 0. The van der Waals surface area contributed by atoms with Crippen molar-refractivity contribution >= 4 is 5.78 Å². The molecule has 0 aliphatic heterocycles. The van der Waals surface area contributed by atoms with Crippen molar-refractivity contribution in [3.63, 3.8) is 0 Å². The molecule has 4 aliphatic rings.